The lowest BCUT2D eigenvalue weighted by atomic mass is 10.0. The van der Waals surface area contributed by atoms with Crippen LogP contribution in [-0.2, 0) is 6.42 Å². The Morgan fingerprint density at radius 2 is 1.68 bits per heavy atom. The molecule has 0 radical (unpaired) electrons. The quantitative estimate of drug-likeness (QED) is 0.805. The summed E-state index contributed by atoms with van der Waals surface area (Å²) in [4.78, 5) is 0. The standard InChI is InChI=1S/C16H14F2O/c1-2-3-4-11-5-7-12(8-6-11)13-9-10-14(19)16(18)15(13)17/h2,5-10,19H,1,3-4H2. The third-order valence-corrected chi connectivity index (χ3v) is 2.96. The van der Waals surface area contributed by atoms with E-state index in [0.717, 1.165) is 24.5 Å². The Hall–Kier alpha value is -2.16. The minimum absolute atomic E-state index is 0.144. The van der Waals surface area contributed by atoms with Crippen molar-refractivity contribution in [3.63, 3.8) is 0 Å². The van der Waals surface area contributed by atoms with Crippen molar-refractivity contribution in [1.82, 2.24) is 0 Å². The normalized spacial score (nSPS) is 10.4. The minimum atomic E-state index is -1.21. The summed E-state index contributed by atoms with van der Waals surface area (Å²) in [5.41, 5.74) is 1.84. The van der Waals surface area contributed by atoms with Crippen LogP contribution < -0.4 is 0 Å². The fraction of sp³-hybridized carbons (Fsp3) is 0.125. The average molecular weight is 260 g/mol. The smallest absolute Gasteiger partial charge is 0.200 e. The van der Waals surface area contributed by atoms with Gasteiger partial charge in [-0.15, -0.1) is 6.58 Å². The van der Waals surface area contributed by atoms with Crippen molar-refractivity contribution in [2.45, 2.75) is 12.8 Å². The van der Waals surface area contributed by atoms with Gasteiger partial charge in [0.1, 0.15) is 0 Å². The first-order valence-corrected chi connectivity index (χ1v) is 6.00. The summed E-state index contributed by atoms with van der Waals surface area (Å²) < 4.78 is 27.0. The summed E-state index contributed by atoms with van der Waals surface area (Å²) in [5, 5.41) is 9.09. The first kappa shape index (κ1) is 13.3. The molecular weight excluding hydrogens is 246 g/mol. The molecule has 0 saturated carbocycles. The fourth-order valence-electron chi connectivity index (χ4n) is 1.88. The molecule has 0 aromatic heterocycles. The number of aromatic hydroxyl groups is 1. The Balaban J connectivity index is 2.32. The van der Waals surface area contributed by atoms with E-state index >= 15 is 0 Å². The third-order valence-electron chi connectivity index (χ3n) is 2.96. The van der Waals surface area contributed by atoms with Crippen LogP contribution in [0.25, 0.3) is 11.1 Å². The summed E-state index contributed by atoms with van der Waals surface area (Å²) in [7, 11) is 0. The fourth-order valence-corrected chi connectivity index (χ4v) is 1.88. The van der Waals surface area contributed by atoms with Crippen LogP contribution in [0.5, 0.6) is 5.75 Å². The summed E-state index contributed by atoms with van der Waals surface area (Å²) >= 11 is 0. The number of hydrogen-bond acceptors (Lipinski definition) is 1. The largest absolute Gasteiger partial charge is 0.505 e. The van der Waals surface area contributed by atoms with E-state index in [1.165, 1.54) is 6.07 Å². The van der Waals surface area contributed by atoms with Crippen LogP contribution in [-0.4, -0.2) is 5.11 Å². The van der Waals surface area contributed by atoms with E-state index in [1.54, 1.807) is 12.1 Å². The van der Waals surface area contributed by atoms with Crippen molar-refractivity contribution in [3.05, 3.63) is 66.3 Å². The Morgan fingerprint density at radius 3 is 2.32 bits per heavy atom. The highest BCUT2D eigenvalue weighted by Crippen LogP contribution is 2.29. The number of rotatable bonds is 4. The molecule has 0 aliphatic rings. The van der Waals surface area contributed by atoms with Gasteiger partial charge in [0.25, 0.3) is 0 Å². The molecule has 1 N–H and O–H groups in total. The molecule has 0 fully saturated rings. The van der Waals surface area contributed by atoms with Gasteiger partial charge in [0.05, 0.1) is 0 Å². The summed E-state index contributed by atoms with van der Waals surface area (Å²) in [6.07, 6.45) is 3.58. The molecule has 0 bridgehead atoms. The van der Waals surface area contributed by atoms with E-state index in [-0.39, 0.29) is 5.56 Å². The molecule has 0 amide bonds. The second-order valence-electron chi connectivity index (χ2n) is 4.28. The van der Waals surface area contributed by atoms with Gasteiger partial charge in [-0.2, -0.15) is 4.39 Å². The van der Waals surface area contributed by atoms with Crippen LogP contribution >= 0.6 is 0 Å². The molecule has 0 atom stereocenters. The first-order valence-electron chi connectivity index (χ1n) is 6.00. The van der Waals surface area contributed by atoms with Gasteiger partial charge in [-0.1, -0.05) is 30.3 Å². The topological polar surface area (TPSA) is 20.2 Å². The molecular formula is C16H14F2O. The van der Waals surface area contributed by atoms with Crippen LogP contribution in [0.4, 0.5) is 8.78 Å². The molecule has 19 heavy (non-hydrogen) atoms. The van der Waals surface area contributed by atoms with E-state index in [2.05, 4.69) is 6.58 Å². The van der Waals surface area contributed by atoms with Gasteiger partial charge in [0.2, 0.25) is 5.82 Å². The highest BCUT2D eigenvalue weighted by Gasteiger charge is 2.13. The molecule has 2 aromatic rings. The van der Waals surface area contributed by atoms with Gasteiger partial charge in [-0.3, -0.25) is 0 Å². The Bertz CT molecular complexity index is 588. The molecule has 0 saturated heterocycles. The van der Waals surface area contributed by atoms with Crippen LogP contribution in [0, 0.1) is 11.6 Å². The van der Waals surface area contributed by atoms with Gasteiger partial charge >= 0.3 is 0 Å². The van der Waals surface area contributed by atoms with Crippen molar-refractivity contribution in [1.29, 1.82) is 0 Å². The number of phenols is 1. The Kier molecular flexibility index (Phi) is 3.95. The monoisotopic (exact) mass is 260 g/mol. The van der Waals surface area contributed by atoms with Gasteiger partial charge in [0.15, 0.2) is 11.6 Å². The first-order chi connectivity index (χ1) is 9.13. The molecule has 0 heterocycles. The lowest BCUT2D eigenvalue weighted by molar-refractivity contribution is 0.408. The predicted molar refractivity (Wildman–Crippen MR) is 72.0 cm³/mol. The van der Waals surface area contributed by atoms with Crippen LogP contribution in [0.15, 0.2) is 49.1 Å². The molecule has 0 aliphatic carbocycles. The highest BCUT2D eigenvalue weighted by atomic mass is 19.2. The van der Waals surface area contributed by atoms with Crippen LogP contribution in [0.1, 0.15) is 12.0 Å². The number of benzene rings is 2. The number of phenolic OH excluding ortho intramolecular Hbond substituents is 1. The molecule has 2 rings (SSSR count). The van der Waals surface area contributed by atoms with Crippen molar-refractivity contribution in [2.75, 3.05) is 0 Å². The molecule has 0 spiro atoms. The van der Waals surface area contributed by atoms with Gasteiger partial charge in [-0.25, -0.2) is 4.39 Å². The number of aryl methyl sites for hydroxylation is 1. The Labute approximate surface area is 110 Å². The number of hydrogen-bond donors (Lipinski definition) is 1. The second kappa shape index (κ2) is 5.65. The van der Waals surface area contributed by atoms with Crippen molar-refractivity contribution in [3.8, 4) is 16.9 Å². The SMILES string of the molecule is C=CCCc1ccc(-c2ccc(O)c(F)c2F)cc1. The lowest BCUT2D eigenvalue weighted by Gasteiger charge is -2.06. The van der Waals surface area contributed by atoms with Gasteiger partial charge < -0.3 is 5.11 Å². The maximum absolute atomic E-state index is 13.7. The van der Waals surface area contributed by atoms with Crippen molar-refractivity contribution < 1.29 is 13.9 Å². The molecule has 0 unspecified atom stereocenters. The van der Waals surface area contributed by atoms with E-state index in [9.17, 15) is 8.78 Å². The number of allylic oxidation sites excluding steroid dienone is 1. The third kappa shape index (κ3) is 2.81. The zero-order chi connectivity index (χ0) is 13.8. The molecule has 1 nitrogen and oxygen atoms in total. The summed E-state index contributed by atoms with van der Waals surface area (Å²) in [6.45, 7) is 3.66. The van der Waals surface area contributed by atoms with E-state index < -0.39 is 17.4 Å². The summed E-state index contributed by atoms with van der Waals surface area (Å²) in [6, 6.07) is 9.76. The molecule has 2 aromatic carbocycles. The Morgan fingerprint density at radius 1 is 1.00 bits per heavy atom. The maximum Gasteiger partial charge on any atom is 0.200 e. The zero-order valence-corrected chi connectivity index (χ0v) is 10.4. The van der Waals surface area contributed by atoms with Crippen molar-refractivity contribution >= 4 is 0 Å². The van der Waals surface area contributed by atoms with Gasteiger partial charge in [-0.05, 0) is 36.1 Å². The van der Waals surface area contributed by atoms with Gasteiger partial charge in [0, 0.05) is 5.56 Å². The van der Waals surface area contributed by atoms with E-state index in [0.29, 0.717) is 5.56 Å². The lowest BCUT2D eigenvalue weighted by Crippen LogP contribution is -1.91. The van der Waals surface area contributed by atoms with Crippen LogP contribution in [0.3, 0.4) is 0 Å². The highest BCUT2D eigenvalue weighted by molar-refractivity contribution is 5.65. The number of halogens is 2. The average Bonchev–Trinajstić information content (AvgIpc) is 2.44. The van der Waals surface area contributed by atoms with Crippen LogP contribution in [0.2, 0.25) is 0 Å². The minimum Gasteiger partial charge on any atom is -0.505 e. The maximum atomic E-state index is 13.7. The zero-order valence-electron chi connectivity index (χ0n) is 10.4. The summed E-state index contributed by atoms with van der Waals surface area (Å²) in [5.74, 6) is -2.92. The molecule has 0 aliphatic heterocycles. The second-order valence-corrected chi connectivity index (χ2v) is 4.28. The van der Waals surface area contributed by atoms with E-state index in [4.69, 9.17) is 5.11 Å². The molecule has 98 valence electrons. The van der Waals surface area contributed by atoms with E-state index in [1.807, 2.05) is 18.2 Å². The molecule has 3 heteroatoms. The van der Waals surface area contributed by atoms with Crippen molar-refractivity contribution in [2.24, 2.45) is 0 Å². The predicted octanol–water partition coefficient (Wildman–Crippen LogP) is 4.46.